The molecular formula is C30H27F4NO3. The molecule has 1 aliphatic carbocycles. The first-order valence-electron chi connectivity index (χ1n) is 12.9. The van der Waals surface area contributed by atoms with E-state index in [1.807, 2.05) is 36.4 Å². The molecule has 6 rings (SSSR count). The molecule has 2 unspecified atom stereocenters. The molecule has 2 fully saturated rings. The zero-order valence-electron chi connectivity index (χ0n) is 20.5. The van der Waals surface area contributed by atoms with Crippen molar-refractivity contribution in [3.63, 3.8) is 0 Å². The molecule has 0 aromatic heterocycles. The average Bonchev–Trinajstić information content (AvgIpc) is 3.20. The maximum absolute atomic E-state index is 15.0. The normalized spacial score (nSPS) is 24.6. The predicted molar refractivity (Wildman–Crippen MR) is 133 cm³/mol. The topological polar surface area (TPSA) is 49.8 Å². The van der Waals surface area contributed by atoms with Crippen molar-refractivity contribution in [1.29, 1.82) is 0 Å². The van der Waals surface area contributed by atoms with Crippen LogP contribution in [0.4, 0.5) is 22.4 Å². The van der Waals surface area contributed by atoms with Crippen LogP contribution < -0.4 is 0 Å². The fourth-order valence-electron chi connectivity index (χ4n) is 6.73. The molecule has 38 heavy (non-hydrogen) atoms. The highest BCUT2D eigenvalue weighted by Crippen LogP contribution is 2.48. The molecule has 0 spiro atoms. The lowest BCUT2D eigenvalue weighted by Gasteiger charge is -2.51. The standard InChI is InChI=1S/C30H27F4NO3/c31-27-25(13-6-14-26(27)30(32,33)34)29(37)15-18-7-5-8-19(16-29)35(18)28(36)38-17-24-22-11-3-1-9-20(22)21-10-2-4-12-23(21)24/h1-4,6,9-14,18-19,24,37H,5,7-8,15-17H2. The molecule has 3 aliphatic rings. The summed E-state index contributed by atoms with van der Waals surface area (Å²) in [5.74, 6) is -1.55. The highest BCUT2D eigenvalue weighted by atomic mass is 19.4. The van der Waals surface area contributed by atoms with Gasteiger partial charge < -0.3 is 14.7 Å². The molecule has 2 bridgehead atoms. The van der Waals surface area contributed by atoms with Gasteiger partial charge in [-0.15, -0.1) is 0 Å². The summed E-state index contributed by atoms with van der Waals surface area (Å²) in [5.41, 5.74) is 0.856. The van der Waals surface area contributed by atoms with Crippen molar-refractivity contribution >= 4 is 6.09 Å². The number of hydrogen-bond donors (Lipinski definition) is 1. The van der Waals surface area contributed by atoms with Gasteiger partial charge in [0.2, 0.25) is 0 Å². The number of alkyl halides is 3. The molecule has 0 saturated carbocycles. The molecule has 0 radical (unpaired) electrons. The lowest BCUT2D eigenvalue weighted by atomic mass is 9.72. The Hall–Kier alpha value is -3.39. The van der Waals surface area contributed by atoms with Gasteiger partial charge in [0, 0.05) is 36.4 Å². The first kappa shape index (κ1) is 24.9. The van der Waals surface area contributed by atoms with Crippen LogP contribution in [0.15, 0.2) is 66.7 Å². The highest BCUT2D eigenvalue weighted by molar-refractivity contribution is 5.79. The molecule has 2 aliphatic heterocycles. The Labute approximate surface area is 217 Å². The van der Waals surface area contributed by atoms with E-state index in [1.165, 1.54) is 6.07 Å². The minimum Gasteiger partial charge on any atom is -0.448 e. The number of rotatable bonds is 3. The zero-order chi connectivity index (χ0) is 26.7. The lowest BCUT2D eigenvalue weighted by molar-refractivity contribution is -0.140. The lowest BCUT2D eigenvalue weighted by Crippen LogP contribution is -2.59. The summed E-state index contributed by atoms with van der Waals surface area (Å²) >= 11 is 0. The van der Waals surface area contributed by atoms with Crippen LogP contribution in [0.25, 0.3) is 11.1 Å². The number of aliphatic hydroxyl groups is 1. The number of benzene rings is 3. The maximum Gasteiger partial charge on any atom is 0.419 e. The molecule has 1 N–H and O–H groups in total. The van der Waals surface area contributed by atoms with Crippen LogP contribution in [0.3, 0.4) is 0 Å². The van der Waals surface area contributed by atoms with E-state index in [0.29, 0.717) is 18.9 Å². The van der Waals surface area contributed by atoms with Gasteiger partial charge in [0.15, 0.2) is 0 Å². The Balaban J connectivity index is 1.22. The van der Waals surface area contributed by atoms with Gasteiger partial charge in [0.25, 0.3) is 0 Å². The molecule has 1 amide bonds. The van der Waals surface area contributed by atoms with Crippen LogP contribution in [0.1, 0.15) is 60.3 Å². The summed E-state index contributed by atoms with van der Waals surface area (Å²) in [6, 6.07) is 18.1. The van der Waals surface area contributed by atoms with Crippen molar-refractivity contribution in [3.05, 3.63) is 94.8 Å². The van der Waals surface area contributed by atoms with Gasteiger partial charge in [-0.1, -0.05) is 60.7 Å². The first-order chi connectivity index (χ1) is 18.2. The number of fused-ring (bicyclic) bond motifs is 5. The highest BCUT2D eigenvalue weighted by Gasteiger charge is 2.50. The van der Waals surface area contributed by atoms with E-state index in [9.17, 15) is 27.5 Å². The van der Waals surface area contributed by atoms with Crippen LogP contribution in [0, 0.1) is 5.82 Å². The van der Waals surface area contributed by atoms with E-state index in [-0.39, 0.29) is 30.9 Å². The minimum absolute atomic E-state index is 0.0497. The Morgan fingerprint density at radius 2 is 1.50 bits per heavy atom. The Bertz CT molecular complexity index is 1330. The van der Waals surface area contributed by atoms with Crippen LogP contribution >= 0.6 is 0 Å². The van der Waals surface area contributed by atoms with Crippen molar-refractivity contribution in [2.45, 2.75) is 61.9 Å². The molecule has 3 aromatic carbocycles. The summed E-state index contributed by atoms with van der Waals surface area (Å²) < 4.78 is 60.8. The second kappa shape index (κ2) is 9.12. The minimum atomic E-state index is -4.87. The number of hydrogen-bond acceptors (Lipinski definition) is 3. The van der Waals surface area contributed by atoms with Gasteiger partial charge in [-0.05, 0) is 47.6 Å². The summed E-state index contributed by atoms with van der Waals surface area (Å²) in [4.78, 5) is 15.0. The molecule has 8 heteroatoms. The van der Waals surface area contributed by atoms with Gasteiger partial charge in [0.1, 0.15) is 12.4 Å². The Kier molecular flexibility index (Phi) is 5.98. The Morgan fingerprint density at radius 3 is 2.08 bits per heavy atom. The van der Waals surface area contributed by atoms with E-state index in [2.05, 4.69) is 12.1 Å². The molecular weight excluding hydrogens is 498 g/mol. The van der Waals surface area contributed by atoms with Gasteiger partial charge >= 0.3 is 12.3 Å². The van der Waals surface area contributed by atoms with Crippen LogP contribution in [-0.2, 0) is 16.5 Å². The molecule has 3 aromatic rings. The van der Waals surface area contributed by atoms with Gasteiger partial charge in [-0.2, -0.15) is 13.2 Å². The van der Waals surface area contributed by atoms with Crippen LogP contribution in [0.2, 0.25) is 0 Å². The quantitative estimate of drug-likeness (QED) is 0.375. The monoisotopic (exact) mass is 525 g/mol. The molecule has 2 atom stereocenters. The number of ether oxygens (including phenoxy) is 1. The third kappa shape index (κ3) is 4.06. The van der Waals surface area contributed by atoms with E-state index in [0.717, 1.165) is 34.7 Å². The number of nitrogens with zero attached hydrogens (tertiary/aromatic N) is 1. The van der Waals surface area contributed by atoms with Gasteiger partial charge in [-0.25, -0.2) is 9.18 Å². The molecule has 2 saturated heterocycles. The van der Waals surface area contributed by atoms with E-state index < -0.39 is 41.3 Å². The first-order valence-corrected chi connectivity index (χ1v) is 12.9. The number of amides is 1. The van der Waals surface area contributed by atoms with Crippen molar-refractivity contribution < 1.29 is 32.2 Å². The van der Waals surface area contributed by atoms with Crippen LogP contribution in [-0.4, -0.2) is 34.8 Å². The van der Waals surface area contributed by atoms with Crippen molar-refractivity contribution in [2.75, 3.05) is 6.61 Å². The number of carbonyl (C=O) groups excluding carboxylic acids is 1. The van der Waals surface area contributed by atoms with Crippen molar-refractivity contribution in [3.8, 4) is 11.1 Å². The SMILES string of the molecule is O=C(OCC1c2ccccc2-c2ccccc21)N1C2CCCC1CC(O)(c1cccc(C(F)(F)F)c1F)C2. The van der Waals surface area contributed by atoms with E-state index >= 15 is 0 Å². The average molecular weight is 526 g/mol. The number of halogens is 4. The molecule has 4 nitrogen and oxygen atoms in total. The fraction of sp³-hybridized carbons (Fsp3) is 0.367. The summed E-state index contributed by atoms with van der Waals surface area (Å²) in [5, 5.41) is 11.5. The number of carbonyl (C=O) groups is 1. The number of piperidine rings is 2. The zero-order valence-corrected chi connectivity index (χ0v) is 20.5. The molecule has 2 heterocycles. The second-order valence-corrected chi connectivity index (χ2v) is 10.6. The fourth-order valence-corrected chi connectivity index (χ4v) is 6.73. The molecule has 198 valence electrons. The van der Waals surface area contributed by atoms with Gasteiger partial charge in [-0.3, -0.25) is 0 Å². The van der Waals surface area contributed by atoms with Crippen molar-refractivity contribution in [1.82, 2.24) is 4.90 Å². The van der Waals surface area contributed by atoms with Gasteiger partial charge in [0.05, 0.1) is 11.2 Å². The smallest absolute Gasteiger partial charge is 0.419 e. The maximum atomic E-state index is 15.0. The van der Waals surface area contributed by atoms with Crippen molar-refractivity contribution in [2.24, 2.45) is 0 Å². The van der Waals surface area contributed by atoms with E-state index in [4.69, 9.17) is 4.74 Å². The summed E-state index contributed by atoms with van der Waals surface area (Å²) in [6.45, 7) is 0.148. The van der Waals surface area contributed by atoms with Crippen LogP contribution in [0.5, 0.6) is 0 Å². The second-order valence-electron chi connectivity index (χ2n) is 10.6. The predicted octanol–water partition coefficient (Wildman–Crippen LogP) is 7.00. The largest absolute Gasteiger partial charge is 0.448 e. The summed E-state index contributed by atoms with van der Waals surface area (Å²) in [7, 11) is 0. The summed E-state index contributed by atoms with van der Waals surface area (Å²) in [6.07, 6.45) is -3.55. The third-order valence-electron chi connectivity index (χ3n) is 8.36. The van der Waals surface area contributed by atoms with E-state index in [1.54, 1.807) is 4.90 Å². The Morgan fingerprint density at radius 1 is 0.921 bits per heavy atom. The third-order valence-corrected chi connectivity index (χ3v) is 8.36.